The van der Waals surface area contributed by atoms with Gasteiger partial charge in [0.2, 0.25) is 0 Å². The largest absolute Gasteiger partial charge is 0.417 e. The second-order valence-electron chi connectivity index (χ2n) is 5.37. The van der Waals surface area contributed by atoms with Gasteiger partial charge in [-0.25, -0.2) is 0 Å². The van der Waals surface area contributed by atoms with E-state index in [0.717, 1.165) is 25.0 Å². The van der Waals surface area contributed by atoms with Gasteiger partial charge in [-0.3, -0.25) is 4.79 Å². The van der Waals surface area contributed by atoms with Gasteiger partial charge >= 0.3 is 6.18 Å². The summed E-state index contributed by atoms with van der Waals surface area (Å²) < 4.78 is 38.9. The van der Waals surface area contributed by atoms with Gasteiger partial charge in [-0.15, -0.1) is 0 Å². The molecule has 0 amide bonds. The van der Waals surface area contributed by atoms with E-state index in [1.54, 1.807) is 11.0 Å². The number of nitrogens with zero attached hydrogens (tertiary/aromatic N) is 2. The van der Waals surface area contributed by atoms with Gasteiger partial charge in [-0.1, -0.05) is 0 Å². The van der Waals surface area contributed by atoms with E-state index in [9.17, 15) is 18.0 Å². The molecule has 0 heterocycles. The molecule has 0 aromatic heterocycles. The van der Waals surface area contributed by atoms with Crippen LogP contribution in [-0.4, -0.2) is 18.9 Å². The van der Waals surface area contributed by atoms with E-state index in [1.807, 2.05) is 0 Å². The molecule has 0 saturated heterocycles. The van der Waals surface area contributed by atoms with Crippen molar-refractivity contribution < 1.29 is 18.0 Å². The van der Waals surface area contributed by atoms with E-state index >= 15 is 0 Å². The predicted octanol–water partition coefficient (Wildman–Crippen LogP) is 3.38. The number of ketones is 1. The number of rotatable bonds is 5. The van der Waals surface area contributed by atoms with Crippen molar-refractivity contribution in [1.29, 1.82) is 5.26 Å². The van der Waals surface area contributed by atoms with Crippen molar-refractivity contribution in [2.24, 2.45) is 5.92 Å². The van der Waals surface area contributed by atoms with E-state index in [1.165, 1.54) is 13.0 Å². The first-order chi connectivity index (χ1) is 9.81. The Hall–Kier alpha value is -2.03. The van der Waals surface area contributed by atoms with Gasteiger partial charge in [0.05, 0.1) is 23.7 Å². The fourth-order valence-corrected chi connectivity index (χ4v) is 2.20. The lowest BCUT2D eigenvalue weighted by Crippen LogP contribution is -2.31. The summed E-state index contributed by atoms with van der Waals surface area (Å²) in [6, 6.07) is 5.16. The van der Waals surface area contributed by atoms with Gasteiger partial charge < -0.3 is 4.90 Å². The number of nitriles is 1. The van der Waals surface area contributed by atoms with Crippen LogP contribution in [0.2, 0.25) is 0 Å². The summed E-state index contributed by atoms with van der Waals surface area (Å²) in [6.45, 7) is 2.07. The Morgan fingerprint density at radius 2 is 2.10 bits per heavy atom. The molecule has 21 heavy (non-hydrogen) atoms. The number of alkyl halides is 3. The van der Waals surface area contributed by atoms with Gasteiger partial charge in [0, 0.05) is 12.2 Å². The summed E-state index contributed by atoms with van der Waals surface area (Å²) in [5.74, 6) is 0.336. The molecule has 3 nitrogen and oxygen atoms in total. The molecule has 6 heteroatoms. The maximum absolute atomic E-state index is 13.0. The third kappa shape index (κ3) is 3.97. The normalized spacial score (nSPS) is 14.6. The number of benzene rings is 1. The molecule has 0 spiro atoms. The van der Waals surface area contributed by atoms with Crippen molar-refractivity contribution in [3.8, 4) is 6.07 Å². The summed E-state index contributed by atoms with van der Waals surface area (Å²) in [4.78, 5) is 13.0. The molecule has 0 N–H and O–H groups in total. The Bertz CT molecular complexity index is 586. The number of halogens is 3. The molecule has 1 aliphatic rings. The molecule has 0 atom stereocenters. The van der Waals surface area contributed by atoms with E-state index < -0.39 is 17.3 Å². The molecule has 1 aromatic rings. The summed E-state index contributed by atoms with van der Waals surface area (Å²) in [5, 5.41) is 8.79. The van der Waals surface area contributed by atoms with Crippen LogP contribution in [0.4, 0.5) is 18.9 Å². The average molecular weight is 296 g/mol. The van der Waals surface area contributed by atoms with Crippen molar-refractivity contribution in [3.05, 3.63) is 29.3 Å². The average Bonchev–Trinajstić information content (AvgIpc) is 3.19. The minimum absolute atomic E-state index is 0.0830. The molecular formula is C15H15F3N2O. The zero-order valence-electron chi connectivity index (χ0n) is 11.6. The van der Waals surface area contributed by atoms with Crippen molar-refractivity contribution in [2.75, 3.05) is 18.0 Å². The summed E-state index contributed by atoms with van der Waals surface area (Å²) in [7, 11) is 0. The quantitative estimate of drug-likeness (QED) is 0.836. The first-order valence-corrected chi connectivity index (χ1v) is 6.67. The van der Waals surface area contributed by atoms with Crippen LogP contribution >= 0.6 is 0 Å². The first-order valence-electron chi connectivity index (χ1n) is 6.67. The Morgan fingerprint density at radius 1 is 1.43 bits per heavy atom. The Labute approximate surface area is 121 Å². The lowest BCUT2D eigenvalue weighted by molar-refractivity contribution is -0.137. The van der Waals surface area contributed by atoms with Gasteiger partial charge in [-0.05, 0) is 43.9 Å². The molecule has 0 radical (unpaired) electrons. The molecule has 0 bridgehead atoms. The summed E-state index contributed by atoms with van der Waals surface area (Å²) in [5.41, 5.74) is -1.02. The van der Waals surface area contributed by atoms with E-state index in [-0.39, 0.29) is 12.3 Å². The van der Waals surface area contributed by atoms with Gasteiger partial charge in [0.1, 0.15) is 5.78 Å². The first kappa shape index (κ1) is 15.4. The van der Waals surface area contributed by atoms with Gasteiger partial charge in [-0.2, -0.15) is 18.4 Å². The van der Waals surface area contributed by atoms with Crippen molar-refractivity contribution >= 4 is 11.5 Å². The summed E-state index contributed by atoms with van der Waals surface area (Å²) in [6.07, 6.45) is -2.50. The van der Waals surface area contributed by atoms with Crippen molar-refractivity contribution in [2.45, 2.75) is 25.9 Å². The van der Waals surface area contributed by atoms with Crippen molar-refractivity contribution in [3.63, 3.8) is 0 Å². The minimum atomic E-state index is -4.58. The fraction of sp³-hybridized carbons (Fsp3) is 0.467. The molecule has 1 saturated carbocycles. The maximum atomic E-state index is 13.0. The Morgan fingerprint density at radius 3 is 2.57 bits per heavy atom. The van der Waals surface area contributed by atoms with Gasteiger partial charge in [0.15, 0.2) is 0 Å². The number of carbonyl (C=O) groups is 1. The highest BCUT2D eigenvalue weighted by Gasteiger charge is 2.34. The van der Waals surface area contributed by atoms with Crippen LogP contribution in [0.15, 0.2) is 18.2 Å². The van der Waals surface area contributed by atoms with Crippen LogP contribution in [-0.2, 0) is 11.0 Å². The zero-order chi connectivity index (χ0) is 15.6. The minimum Gasteiger partial charge on any atom is -0.364 e. The second-order valence-corrected chi connectivity index (χ2v) is 5.37. The molecule has 0 unspecified atom stereocenters. The van der Waals surface area contributed by atoms with E-state index in [2.05, 4.69) is 0 Å². The van der Waals surface area contributed by atoms with E-state index in [0.29, 0.717) is 18.2 Å². The summed E-state index contributed by atoms with van der Waals surface area (Å²) >= 11 is 0. The third-order valence-electron chi connectivity index (χ3n) is 3.38. The molecule has 1 fully saturated rings. The lowest BCUT2D eigenvalue weighted by atomic mass is 10.1. The molecule has 1 aliphatic carbocycles. The SMILES string of the molecule is CC(=O)CN(CC1CC1)c1ccc(C#N)c(C(F)(F)F)c1. The monoisotopic (exact) mass is 296 g/mol. The van der Waals surface area contributed by atoms with Crippen molar-refractivity contribution in [1.82, 2.24) is 0 Å². The molecule has 2 rings (SSSR count). The highest BCUT2D eigenvalue weighted by atomic mass is 19.4. The molecular weight excluding hydrogens is 281 g/mol. The van der Waals surface area contributed by atoms with Gasteiger partial charge in [0.25, 0.3) is 0 Å². The topological polar surface area (TPSA) is 44.1 Å². The zero-order valence-corrected chi connectivity index (χ0v) is 11.6. The van der Waals surface area contributed by atoms with E-state index in [4.69, 9.17) is 5.26 Å². The Kier molecular flexibility index (Phi) is 4.21. The fourth-order valence-electron chi connectivity index (χ4n) is 2.20. The lowest BCUT2D eigenvalue weighted by Gasteiger charge is -2.24. The standard InChI is InChI=1S/C15H15F3N2O/c1-10(21)8-20(9-11-2-3-11)13-5-4-12(7-19)14(6-13)15(16,17)18/h4-6,11H,2-3,8-9H2,1H3. The third-order valence-corrected chi connectivity index (χ3v) is 3.38. The second kappa shape index (κ2) is 5.76. The van der Waals surface area contributed by atoms with Crippen LogP contribution in [0, 0.1) is 17.2 Å². The number of Topliss-reactive ketones (excluding diaryl/α,β-unsaturated/α-hetero) is 1. The molecule has 1 aromatic carbocycles. The molecule has 0 aliphatic heterocycles. The maximum Gasteiger partial charge on any atom is 0.417 e. The Balaban J connectivity index is 2.35. The predicted molar refractivity (Wildman–Crippen MR) is 71.8 cm³/mol. The van der Waals surface area contributed by atoms with Crippen LogP contribution in [0.25, 0.3) is 0 Å². The highest BCUT2D eigenvalue weighted by Crippen LogP contribution is 2.36. The van der Waals surface area contributed by atoms with Crippen LogP contribution in [0.3, 0.4) is 0 Å². The number of hydrogen-bond acceptors (Lipinski definition) is 3. The number of anilines is 1. The number of hydrogen-bond donors (Lipinski definition) is 0. The highest BCUT2D eigenvalue weighted by molar-refractivity contribution is 5.81. The van der Waals surface area contributed by atoms with Crippen LogP contribution in [0.5, 0.6) is 0 Å². The van der Waals surface area contributed by atoms with Crippen LogP contribution < -0.4 is 4.90 Å². The smallest absolute Gasteiger partial charge is 0.364 e. The molecule has 112 valence electrons. The number of carbonyl (C=O) groups excluding carboxylic acids is 1. The van der Waals surface area contributed by atoms with Crippen LogP contribution in [0.1, 0.15) is 30.9 Å².